The first kappa shape index (κ1) is 26.1. The molecule has 0 saturated carbocycles. The second-order valence-corrected chi connectivity index (χ2v) is 9.47. The van der Waals surface area contributed by atoms with Crippen molar-refractivity contribution in [2.75, 3.05) is 36.5 Å². The van der Waals surface area contributed by atoms with Crippen LogP contribution in [0.25, 0.3) is 16.6 Å². The zero-order chi connectivity index (χ0) is 28.5. The Balaban J connectivity index is 1.25. The Morgan fingerprint density at radius 3 is 2.56 bits per heavy atom. The van der Waals surface area contributed by atoms with Gasteiger partial charge in [-0.1, -0.05) is 0 Å². The first-order valence-corrected chi connectivity index (χ1v) is 12.8. The standard InChI is InChI=1S/C29H24F2N6O4/c1-17-12-22(29(39)37(35-17)21-5-2-19(30)3-6-21)28(38)33-20-4-7-26(23(31)14-20)41-27-13-18-16-32-34-24(18)15-25(27)36-8-10-40-11-9-36/h2-7,12-16H,8-11H2,1H3,(H,32,34)(H,33,38). The van der Waals surface area contributed by atoms with Crippen LogP contribution in [0.5, 0.6) is 11.5 Å². The summed E-state index contributed by atoms with van der Waals surface area (Å²) in [7, 11) is 0. The highest BCUT2D eigenvalue weighted by Crippen LogP contribution is 2.37. The van der Waals surface area contributed by atoms with E-state index in [0.29, 0.717) is 43.4 Å². The SMILES string of the molecule is Cc1cc(C(=O)Nc2ccc(Oc3cc4cn[nH]c4cc3N3CCOCC3)c(F)c2)c(=O)n(-c2ccc(F)cc2)n1. The molecule has 0 unspecified atom stereocenters. The predicted octanol–water partition coefficient (Wildman–Crippen LogP) is 4.58. The summed E-state index contributed by atoms with van der Waals surface area (Å²) in [6, 6.07) is 14.2. The molecule has 1 amide bonds. The zero-order valence-corrected chi connectivity index (χ0v) is 21.9. The van der Waals surface area contributed by atoms with Gasteiger partial charge >= 0.3 is 0 Å². The van der Waals surface area contributed by atoms with Crippen LogP contribution in [0.4, 0.5) is 20.2 Å². The fraction of sp³-hybridized carbons (Fsp3) is 0.172. The van der Waals surface area contributed by atoms with Crippen molar-refractivity contribution in [2.45, 2.75) is 6.92 Å². The molecule has 0 aliphatic carbocycles. The molecule has 6 rings (SSSR count). The number of morpholine rings is 1. The molecule has 0 radical (unpaired) electrons. The Kier molecular flexibility index (Phi) is 6.89. The Morgan fingerprint density at radius 2 is 1.80 bits per heavy atom. The van der Waals surface area contributed by atoms with Gasteiger partial charge in [-0.2, -0.15) is 14.9 Å². The number of nitrogens with one attached hydrogen (secondary N) is 2. The molecule has 208 valence electrons. The van der Waals surface area contributed by atoms with Crippen LogP contribution >= 0.6 is 0 Å². The van der Waals surface area contributed by atoms with Crippen LogP contribution in [-0.2, 0) is 4.74 Å². The van der Waals surface area contributed by atoms with Crippen molar-refractivity contribution < 1.29 is 23.0 Å². The first-order chi connectivity index (χ1) is 19.9. The van der Waals surface area contributed by atoms with Gasteiger partial charge in [0.25, 0.3) is 11.5 Å². The molecule has 0 bridgehead atoms. The lowest BCUT2D eigenvalue weighted by molar-refractivity contribution is 0.102. The normalized spacial score (nSPS) is 13.4. The molecule has 5 aromatic rings. The Hall–Kier alpha value is -5.10. The van der Waals surface area contributed by atoms with E-state index in [1.807, 2.05) is 6.07 Å². The summed E-state index contributed by atoms with van der Waals surface area (Å²) in [5, 5.41) is 14.5. The van der Waals surface area contributed by atoms with Crippen LogP contribution in [0.1, 0.15) is 16.1 Å². The molecule has 3 aromatic carbocycles. The number of hydrogen-bond donors (Lipinski definition) is 2. The number of ether oxygens (including phenoxy) is 2. The van der Waals surface area contributed by atoms with Gasteiger partial charge in [0, 0.05) is 30.2 Å². The zero-order valence-electron chi connectivity index (χ0n) is 21.9. The lowest BCUT2D eigenvalue weighted by atomic mass is 10.2. The van der Waals surface area contributed by atoms with Crippen molar-refractivity contribution in [1.82, 2.24) is 20.0 Å². The number of benzene rings is 3. The summed E-state index contributed by atoms with van der Waals surface area (Å²) >= 11 is 0. The second-order valence-electron chi connectivity index (χ2n) is 9.47. The lowest BCUT2D eigenvalue weighted by Gasteiger charge is -2.30. The minimum atomic E-state index is -0.746. The summed E-state index contributed by atoms with van der Waals surface area (Å²) in [4.78, 5) is 28.2. The summed E-state index contributed by atoms with van der Waals surface area (Å²) in [6.07, 6.45) is 1.66. The van der Waals surface area contributed by atoms with Gasteiger partial charge < -0.3 is 19.7 Å². The summed E-state index contributed by atoms with van der Waals surface area (Å²) in [5.74, 6) is -1.52. The molecule has 41 heavy (non-hydrogen) atoms. The molecule has 12 heteroatoms. The van der Waals surface area contributed by atoms with Crippen LogP contribution in [0, 0.1) is 18.6 Å². The summed E-state index contributed by atoms with van der Waals surface area (Å²) in [6.45, 7) is 4.06. The minimum absolute atomic E-state index is 0.0428. The molecule has 2 N–H and O–H groups in total. The van der Waals surface area contributed by atoms with Gasteiger partial charge in [-0.3, -0.25) is 14.7 Å². The number of anilines is 2. The predicted molar refractivity (Wildman–Crippen MR) is 148 cm³/mol. The third-order valence-corrected chi connectivity index (χ3v) is 6.63. The van der Waals surface area contributed by atoms with Gasteiger partial charge in [0.2, 0.25) is 0 Å². The van der Waals surface area contributed by atoms with E-state index in [-0.39, 0.29) is 17.0 Å². The largest absolute Gasteiger partial charge is 0.452 e. The van der Waals surface area contributed by atoms with Gasteiger partial charge in [-0.05, 0) is 61.5 Å². The summed E-state index contributed by atoms with van der Waals surface area (Å²) in [5.41, 5.74) is 1.50. The fourth-order valence-corrected chi connectivity index (χ4v) is 4.61. The number of rotatable bonds is 6. The molecule has 0 spiro atoms. The average molecular weight is 559 g/mol. The van der Waals surface area contributed by atoms with E-state index in [0.717, 1.165) is 27.3 Å². The number of halogens is 2. The molecule has 10 nitrogen and oxygen atoms in total. The maximum absolute atomic E-state index is 15.2. The maximum Gasteiger partial charge on any atom is 0.284 e. The van der Waals surface area contributed by atoms with Crippen LogP contribution in [0.3, 0.4) is 0 Å². The van der Waals surface area contributed by atoms with Crippen LogP contribution in [0.15, 0.2) is 71.7 Å². The van der Waals surface area contributed by atoms with Crippen molar-refractivity contribution in [3.63, 3.8) is 0 Å². The number of aromatic amines is 1. The fourth-order valence-electron chi connectivity index (χ4n) is 4.61. The number of H-pyrrole nitrogens is 1. The number of carbonyl (C=O) groups excluding carboxylic acids is 1. The highest BCUT2D eigenvalue weighted by Gasteiger charge is 2.20. The van der Waals surface area contributed by atoms with Crippen molar-refractivity contribution >= 4 is 28.2 Å². The number of fused-ring (bicyclic) bond motifs is 1. The van der Waals surface area contributed by atoms with Crippen molar-refractivity contribution in [2.24, 2.45) is 0 Å². The topological polar surface area (TPSA) is 114 Å². The number of amides is 1. The smallest absolute Gasteiger partial charge is 0.284 e. The van der Waals surface area contributed by atoms with E-state index in [1.165, 1.54) is 42.5 Å². The lowest BCUT2D eigenvalue weighted by Crippen LogP contribution is -2.36. The van der Waals surface area contributed by atoms with E-state index in [9.17, 15) is 14.0 Å². The number of aromatic nitrogens is 4. The van der Waals surface area contributed by atoms with E-state index in [4.69, 9.17) is 9.47 Å². The molecular formula is C29H24F2N6O4. The van der Waals surface area contributed by atoms with Gasteiger partial charge in [-0.25, -0.2) is 8.78 Å². The van der Waals surface area contributed by atoms with Crippen LogP contribution in [0.2, 0.25) is 0 Å². The van der Waals surface area contributed by atoms with E-state index in [1.54, 1.807) is 19.2 Å². The van der Waals surface area contributed by atoms with Gasteiger partial charge in [0.05, 0.1) is 42.0 Å². The molecular weight excluding hydrogens is 534 g/mol. The van der Waals surface area contributed by atoms with Gasteiger partial charge in [-0.15, -0.1) is 0 Å². The Morgan fingerprint density at radius 1 is 1.02 bits per heavy atom. The molecule has 1 fully saturated rings. The van der Waals surface area contributed by atoms with E-state index in [2.05, 4.69) is 25.5 Å². The Bertz CT molecular complexity index is 1810. The number of hydrogen-bond acceptors (Lipinski definition) is 7. The third-order valence-electron chi connectivity index (χ3n) is 6.63. The van der Waals surface area contributed by atoms with Crippen LogP contribution in [-0.4, -0.2) is 52.2 Å². The summed E-state index contributed by atoms with van der Waals surface area (Å²) < 4.78 is 41.1. The monoisotopic (exact) mass is 558 g/mol. The Labute approximate surface area is 232 Å². The average Bonchev–Trinajstić information content (AvgIpc) is 3.43. The molecule has 0 atom stereocenters. The number of aryl methyl sites for hydroxylation is 1. The first-order valence-electron chi connectivity index (χ1n) is 12.8. The second kappa shape index (κ2) is 10.8. The van der Waals surface area contributed by atoms with Crippen LogP contribution < -0.4 is 20.5 Å². The van der Waals surface area contributed by atoms with Crippen molar-refractivity contribution in [3.05, 3.63) is 100 Å². The molecule has 1 saturated heterocycles. The molecule has 3 heterocycles. The van der Waals surface area contributed by atoms with E-state index < -0.39 is 23.1 Å². The molecule has 1 aliphatic rings. The highest BCUT2D eigenvalue weighted by atomic mass is 19.1. The van der Waals surface area contributed by atoms with Gasteiger partial charge in [0.15, 0.2) is 17.3 Å². The highest BCUT2D eigenvalue weighted by molar-refractivity contribution is 6.04. The quantitative estimate of drug-likeness (QED) is 0.314. The van der Waals surface area contributed by atoms with Crippen molar-refractivity contribution in [1.29, 1.82) is 0 Å². The molecule has 1 aliphatic heterocycles. The van der Waals surface area contributed by atoms with Crippen molar-refractivity contribution in [3.8, 4) is 17.2 Å². The third kappa shape index (κ3) is 5.37. The molecule has 2 aromatic heterocycles. The van der Waals surface area contributed by atoms with Gasteiger partial charge in [0.1, 0.15) is 11.4 Å². The van der Waals surface area contributed by atoms with E-state index >= 15 is 4.39 Å². The number of nitrogens with zero attached hydrogens (tertiary/aromatic N) is 4. The number of carbonyl (C=O) groups is 1. The maximum atomic E-state index is 15.2. The minimum Gasteiger partial charge on any atom is -0.452 e.